The molecule has 1 rings (SSSR count). The van der Waals surface area contributed by atoms with Crippen molar-refractivity contribution in [2.24, 2.45) is 5.73 Å². The van der Waals surface area contributed by atoms with Crippen molar-refractivity contribution in [3.05, 3.63) is 21.9 Å². The Kier molecular flexibility index (Phi) is 4.11. The fourth-order valence-corrected chi connectivity index (χ4v) is 2.35. The zero-order chi connectivity index (χ0) is 10.7. The average Bonchev–Trinajstić information content (AvgIpc) is 2.51. The van der Waals surface area contributed by atoms with Gasteiger partial charge in [0.15, 0.2) is 0 Å². The molecule has 2 nitrogen and oxygen atoms in total. The Balaban J connectivity index is 2.54. The van der Waals surface area contributed by atoms with Crippen molar-refractivity contribution in [3.8, 4) is 0 Å². The van der Waals surface area contributed by atoms with Crippen LogP contribution in [0.5, 0.6) is 0 Å². The van der Waals surface area contributed by atoms with Crippen LogP contribution >= 0.6 is 11.3 Å². The molecule has 0 amide bonds. The zero-order valence-corrected chi connectivity index (χ0v) is 9.84. The molecule has 0 radical (unpaired) electrons. The molecule has 0 aliphatic rings. The minimum Gasteiger partial charge on any atom is -0.392 e. The van der Waals surface area contributed by atoms with Gasteiger partial charge in [-0.3, -0.25) is 0 Å². The van der Waals surface area contributed by atoms with Gasteiger partial charge in [0.25, 0.3) is 0 Å². The van der Waals surface area contributed by atoms with Gasteiger partial charge >= 0.3 is 0 Å². The van der Waals surface area contributed by atoms with Crippen molar-refractivity contribution < 1.29 is 5.11 Å². The first-order chi connectivity index (χ1) is 6.50. The maximum atomic E-state index is 9.64. The minimum absolute atomic E-state index is 0.140. The smallest absolute Gasteiger partial charge is 0.0694 e. The van der Waals surface area contributed by atoms with E-state index in [4.69, 9.17) is 5.73 Å². The summed E-state index contributed by atoms with van der Waals surface area (Å²) in [7, 11) is 0. The number of aliphatic hydroxyl groups excluding tert-OH is 1. The first-order valence-corrected chi connectivity index (χ1v) is 5.82. The Hall–Kier alpha value is -0.380. The Morgan fingerprint density at radius 3 is 2.50 bits per heavy atom. The average molecular weight is 213 g/mol. The number of hydrogen-bond acceptors (Lipinski definition) is 3. The Morgan fingerprint density at radius 2 is 2.07 bits per heavy atom. The van der Waals surface area contributed by atoms with Gasteiger partial charge in [-0.2, -0.15) is 0 Å². The monoisotopic (exact) mass is 213 g/mol. The van der Waals surface area contributed by atoms with E-state index >= 15 is 0 Å². The summed E-state index contributed by atoms with van der Waals surface area (Å²) in [5.41, 5.74) is 5.62. The summed E-state index contributed by atoms with van der Waals surface area (Å²) in [4.78, 5) is 2.66. The normalized spacial score (nSPS) is 17.8. The fourth-order valence-electron chi connectivity index (χ4n) is 1.41. The highest BCUT2D eigenvalue weighted by molar-refractivity contribution is 7.12. The maximum absolute atomic E-state index is 9.64. The molecule has 0 bridgehead atoms. The third kappa shape index (κ3) is 3.08. The van der Waals surface area contributed by atoms with Gasteiger partial charge in [-0.15, -0.1) is 11.3 Å². The van der Waals surface area contributed by atoms with Crippen LogP contribution in [0, 0.1) is 6.92 Å². The first kappa shape index (κ1) is 11.7. The molecule has 0 aliphatic carbocycles. The molecule has 0 saturated heterocycles. The first-order valence-electron chi connectivity index (χ1n) is 5.00. The van der Waals surface area contributed by atoms with Crippen LogP contribution in [0.15, 0.2) is 12.1 Å². The van der Waals surface area contributed by atoms with Crippen molar-refractivity contribution in [1.29, 1.82) is 0 Å². The van der Waals surface area contributed by atoms with Crippen molar-refractivity contribution in [2.45, 2.75) is 45.3 Å². The summed E-state index contributed by atoms with van der Waals surface area (Å²) in [6, 6.07) is 4.12. The Morgan fingerprint density at radius 1 is 1.43 bits per heavy atom. The molecule has 1 aromatic rings. The van der Waals surface area contributed by atoms with Crippen LogP contribution in [0.25, 0.3) is 0 Å². The van der Waals surface area contributed by atoms with Gasteiger partial charge in [0, 0.05) is 15.8 Å². The van der Waals surface area contributed by atoms with Gasteiger partial charge in [-0.25, -0.2) is 0 Å². The lowest BCUT2D eigenvalue weighted by molar-refractivity contribution is 0.135. The number of hydrogen-bond donors (Lipinski definition) is 2. The van der Waals surface area contributed by atoms with Crippen LogP contribution in [0.1, 0.15) is 35.9 Å². The number of aryl methyl sites for hydroxylation is 1. The summed E-state index contributed by atoms with van der Waals surface area (Å²) < 4.78 is 0. The van der Waals surface area contributed by atoms with E-state index in [0.717, 1.165) is 6.42 Å². The second kappa shape index (κ2) is 4.91. The van der Waals surface area contributed by atoms with E-state index in [1.54, 1.807) is 11.3 Å². The standard InChI is InChI=1S/C11H19NOS/c1-7(6-10(13)9(3)12)11-5-4-8(2)14-11/h4-5,7,9-10,13H,6,12H2,1-3H3. The SMILES string of the molecule is Cc1ccc(C(C)CC(O)C(C)N)s1. The van der Waals surface area contributed by atoms with Crippen LogP contribution < -0.4 is 5.73 Å². The lowest BCUT2D eigenvalue weighted by atomic mass is 9.98. The van der Waals surface area contributed by atoms with E-state index in [9.17, 15) is 5.11 Å². The molecule has 0 aromatic carbocycles. The van der Waals surface area contributed by atoms with E-state index in [1.165, 1.54) is 9.75 Å². The third-order valence-corrected chi connectivity index (χ3v) is 3.68. The lowest BCUT2D eigenvalue weighted by Crippen LogP contribution is -2.32. The highest BCUT2D eigenvalue weighted by Crippen LogP contribution is 2.27. The van der Waals surface area contributed by atoms with E-state index in [-0.39, 0.29) is 6.04 Å². The largest absolute Gasteiger partial charge is 0.392 e. The highest BCUT2D eigenvalue weighted by Gasteiger charge is 2.16. The molecule has 1 heterocycles. The van der Waals surface area contributed by atoms with Crippen LogP contribution in [0.4, 0.5) is 0 Å². The molecule has 0 saturated carbocycles. The molecular formula is C11H19NOS. The summed E-state index contributed by atoms with van der Waals surface area (Å²) in [5.74, 6) is 0.398. The van der Waals surface area contributed by atoms with Gasteiger partial charge < -0.3 is 10.8 Å². The van der Waals surface area contributed by atoms with Gasteiger partial charge in [0.1, 0.15) is 0 Å². The number of nitrogens with two attached hydrogens (primary N) is 1. The number of thiophene rings is 1. The fraction of sp³-hybridized carbons (Fsp3) is 0.636. The van der Waals surface area contributed by atoms with Crippen LogP contribution in [-0.4, -0.2) is 17.3 Å². The molecule has 80 valence electrons. The molecule has 14 heavy (non-hydrogen) atoms. The predicted molar refractivity (Wildman–Crippen MR) is 61.7 cm³/mol. The summed E-state index contributed by atoms with van der Waals surface area (Å²) in [6.07, 6.45) is 0.352. The summed E-state index contributed by atoms with van der Waals surface area (Å²) >= 11 is 1.80. The lowest BCUT2D eigenvalue weighted by Gasteiger charge is -2.18. The number of aliphatic hydroxyl groups is 1. The molecule has 1 aromatic heterocycles. The van der Waals surface area contributed by atoms with Gasteiger partial charge in [0.05, 0.1) is 6.10 Å². The second-order valence-electron chi connectivity index (χ2n) is 4.01. The molecule has 0 spiro atoms. The summed E-state index contributed by atoms with van der Waals surface area (Å²) in [5, 5.41) is 9.64. The van der Waals surface area contributed by atoms with Crippen molar-refractivity contribution in [3.63, 3.8) is 0 Å². The molecule has 3 N–H and O–H groups in total. The third-order valence-electron chi connectivity index (χ3n) is 2.45. The van der Waals surface area contributed by atoms with Gasteiger partial charge in [-0.1, -0.05) is 6.92 Å². The number of rotatable bonds is 4. The Bertz CT molecular complexity index is 283. The maximum Gasteiger partial charge on any atom is 0.0694 e. The summed E-state index contributed by atoms with van der Waals surface area (Å²) in [6.45, 7) is 6.08. The highest BCUT2D eigenvalue weighted by atomic mass is 32.1. The molecule has 3 atom stereocenters. The van der Waals surface area contributed by atoms with Crippen molar-refractivity contribution in [2.75, 3.05) is 0 Å². The van der Waals surface area contributed by atoms with Crippen molar-refractivity contribution in [1.82, 2.24) is 0 Å². The Labute approximate surface area is 89.8 Å². The molecule has 3 unspecified atom stereocenters. The molecular weight excluding hydrogens is 194 g/mol. The van der Waals surface area contributed by atoms with Gasteiger partial charge in [-0.05, 0) is 38.3 Å². The minimum atomic E-state index is -0.396. The molecule has 3 heteroatoms. The van der Waals surface area contributed by atoms with Crippen molar-refractivity contribution >= 4 is 11.3 Å². The van der Waals surface area contributed by atoms with E-state index in [2.05, 4.69) is 26.0 Å². The molecule has 0 aliphatic heterocycles. The predicted octanol–water partition coefficient (Wildman–Crippen LogP) is 2.26. The topological polar surface area (TPSA) is 46.2 Å². The van der Waals surface area contributed by atoms with E-state index in [0.29, 0.717) is 5.92 Å². The van der Waals surface area contributed by atoms with Crippen LogP contribution in [0.3, 0.4) is 0 Å². The quantitative estimate of drug-likeness (QED) is 0.806. The van der Waals surface area contributed by atoms with E-state index < -0.39 is 6.10 Å². The van der Waals surface area contributed by atoms with Gasteiger partial charge in [0.2, 0.25) is 0 Å². The zero-order valence-electron chi connectivity index (χ0n) is 9.03. The van der Waals surface area contributed by atoms with E-state index in [1.807, 2.05) is 6.92 Å². The van der Waals surface area contributed by atoms with Crippen LogP contribution in [0.2, 0.25) is 0 Å². The second-order valence-corrected chi connectivity index (χ2v) is 5.33. The van der Waals surface area contributed by atoms with Crippen LogP contribution in [-0.2, 0) is 0 Å². The molecule has 0 fully saturated rings.